The highest BCUT2D eigenvalue weighted by Crippen LogP contribution is 2.37. The number of nitrogens with one attached hydrogen (secondary N) is 1. The van der Waals surface area contributed by atoms with E-state index in [1.807, 2.05) is 0 Å². The van der Waals surface area contributed by atoms with Gasteiger partial charge in [-0.05, 0) is 36.5 Å². The maximum atomic E-state index is 13.0. The number of rotatable bonds is 3. The number of hydrogen-bond acceptors (Lipinski definition) is 2. The van der Waals surface area contributed by atoms with E-state index in [0.29, 0.717) is 5.56 Å². The molecule has 0 radical (unpaired) electrons. The molecule has 1 unspecified atom stereocenters. The first-order valence-electron chi connectivity index (χ1n) is 5.24. The van der Waals surface area contributed by atoms with Crippen LogP contribution in [-0.4, -0.2) is 0 Å². The van der Waals surface area contributed by atoms with Crippen LogP contribution in [0.4, 0.5) is 13.2 Å². The van der Waals surface area contributed by atoms with E-state index in [0.717, 1.165) is 31.4 Å². The second-order valence-corrected chi connectivity index (χ2v) is 4.13. The summed E-state index contributed by atoms with van der Waals surface area (Å²) >= 11 is 0. The van der Waals surface area contributed by atoms with Crippen LogP contribution in [0.2, 0.25) is 0 Å². The molecule has 0 saturated heterocycles. The van der Waals surface area contributed by atoms with Gasteiger partial charge in [-0.15, -0.1) is 0 Å². The van der Waals surface area contributed by atoms with E-state index in [9.17, 15) is 13.2 Å². The lowest BCUT2D eigenvalue weighted by Gasteiger charge is -2.33. The molecule has 0 aliphatic heterocycles. The topological polar surface area (TPSA) is 38.0 Å². The maximum Gasteiger partial charge on any atom is 0.194 e. The Bertz CT molecular complexity index is 368. The summed E-state index contributed by atoms with van der Waals surface area (Å²) < 4.78 is 38.9. The van der Waals surface area contributed by atoms with Gasteiger partial charge in [-0.2, -0.15) is 0 Å². The highest BCUT2D eigenvalue weighted by atomic mass is 19.2. The van der Waals surface area contributed by atoms with Crippen LogP contribution in [0.3, 0.4) is 0 Å². The number of benzene rings is 1. The number of hydrazine groups is 1. The lowest BCUT2D eigenvalue weighted by atomic mass is 9.77. The molecule has 2 nitrogen and oxygen atoms in total. The normalized spacial score (nSPS) is 18.2. The highest BCUT2D eigenvalue weighted by molar-refractivity contribution is 5.23. The maximum absolute atomic E-state index is 13.0. The fourth-order valence-corrected chi connectivity index (χ4v) is 2.03. The van der Waals surface area contributed by atoms with Gasteiger partial charge in [0.2, 0.25) is 0 Å². The molecule has 0 amide bonds. The van der Waals surface area contributed by atoms with E-state index in [1.165, 1.54) is 0 Å². The minimum absolute atomic E-state index is 0.272. The largest absolute Gasteiger partial charge is 0.271 e. The van der Waals surface area contributed by atoms with E-state index >= 15 is 0 Å². The molecule has 1 saturated carbocycles. The van der Waals surface area contributed by atoms with Gasteiger partial charge in [-0.25, -0.2) is 13.2 Å². The lowest BCUT2D eigenvalue weighted by molar-refractivity contribution is 0.231. The van der Waals surface area contributed by atoms with Crippen LogP contribution < -0.4 is 11.3 Å². The Morgan fingerprint density at radius 3 is 2.12 bits per heavy atom. The van der Waals surface area contributed by atoms with Gasteiger partial charge in [0.05, 0.1) is 0 Å². The first kappa shape index (κ1) is 11.4. The molecule has 3 N–H and O–H groups in total. The average molecular weight is 230 g/mol. The van der Waals surface area contributed by atoms with Gasteiger partial charge in [0.15, 0.2) is 17.5 Å². The third-order valence-electron chi connectivity index (χ3n) is 3.17. The van der Waals surface area contributed by atoms with Crippen LogP contribution in [0.5, 0.6) is 0 Å². The SMILES string of the molecule is NNC(c1cc(F)c(F)c(F)c1)C1CCC1. The molecule has 1 aliphatic rings. The first-order valence-corrected chi connectivity index (χ1v) is 5.24. The van der Waals surface area contributed by atoms with Crippen molar-refractivity contribution in [2.75, 3.05) is 0 Å². The van der Waals surface area contributed by atoms with E-state index in [4.69, 9.17) is 5.84 Å². The zero-order valence-corrected chi connectivity index (χ0v) is 8.64. The Balaban J connectivity index is 2.30. The van der Waals surface area contributed by atoms with Crippen LogP contribution in [0, 0.1) is 23.4 Å². The van der Waals surface area contributed by atoms with Gasteiger partial charge in [-0.1, -0.05) is 6.42 Å². The van der Waals surface area contributed by atoms with Gasteiger partial charge < -0.3 is 0 Å². The number of halogens is 3. The monoisotopic (exact) mass is 230 g/mol. The van der Waals surface area contributed by atoms with Crippen LogP contribution in [0.1, 0.15) is 30.9 Å². The van der Waals surface area contributed by atoms with Gasteiger partial charge in [-0.3, -0.25) is 11.3 Å². The van der Waals surface area contributed by atoms with Gasteiger partial charge in [0.25, 0.3) is 0 Å². The molecule has 0 aromatic heterocycles. The van der Waals surface area contributed by atoms with E-state index in [2.05, 4.69) is 5.43 Å². The molecular weight excluding hydrogens is 217 g/mol. The van der Waals surface area contributed by atoms with Crippen LogP contribution in [0.25, 0.3) is 0 Å². The van der Waals surface area contributed by atoms with Crippen LogP contribution in [-0.2, 0) is 0 Å². The summed E-state index contributed by atoms with van der Waals surface area (Å²) in [4.78, 5) is 0. The second kappa shape index (κ2) is 4.43. The van der Waals surface area contributed by atoms with Crippen LogP contribution >= 0.6 is 0 Å². The molecule has 88 valence electrons. The van der Waals surface area contributed by atoms with Crippen molar-refractivity contribution >= 4 is 0 Å². The molecule has 1 aliphatic carbocycles. The fourth-order valence-electron chi connectivity index (χ4n) is 2.03. The van der Waals surface area contributed by atoms with E-state index < -0.39 is 17.5 Å². The molecular formula is C11H13F3N2. The predicted octanol–water partition coefficient (Wildman–Crippen LogP) is 2.41. The first-order chi connectivity index (χ1) is 7.63. The standard InChI is InChI=1S/C11H13F3N2/c12-8-4-7(5-9(13)10(8)14)11(16-15)6-2-1-3-6/h4-6,11,16H,1-3,15H2. The average Bonchev–Trinajstić information content (AvgIpc) is 2.18. The Morgan fingerprint density at radius 2 is 1.75 bits per heavy atom. The third-order valence-corrected chi connectivity index (χ3v) is 3.17. The van der Waals surface area contributed by atoms with E-state index in [1.54, 1.807) is 0 Å². The van der Waals surface area contributed by atoms with Crippen molar-refractivity contribution in [1.29, 1.82) is 0 Å². The number of nitrogens with two attached hydrogens (primary N) is 1. The van der Waals surface area contributed by atoms with Crippen molar-refractivity contribution in [3.63, 3.8) is 0 Å². The van der Waals surface area contributed by atoms with Gasteiger partial charge >= 0.3 is 0 Å². The molecule has 16 heavy (non-hydrogen) atoms. The molecule has 1 fully saturated rings. The molecule has 2 rings (SSSR count). The molecule has 0 heterocycles. The fraction of sp³-hybridized carbons (Fsp3) is 0.455. The van der Waals surface area contributed by atoms with Crippen molar-refractivity contribution in [3.8, 4) is 0 Å². The Hall–Kier alpha value is -1.07. The third kappa shape index (κ3) is 1.92. The molecule has 1 atom stereocenters. The molecule has 1 aromatic carbocycles. The van der Waals surface area contributed by atoms with Gasteiger partial charge in [0.1, 0.15) is 0 Å². The van der Waals surface area contributed by atoms with E-state index in [-0.39, 0.29) is 12.0 Å². The zero-order chi connectivity index (χ0) is 11.7. The van der Waals surface area contributed by atoms with Crippen LogP contribution in [0.15, 0.2) is 12.1 Å². The summed E-state index contributed by atoms with van der Waals surface area (Å²) in [7, 11) is 0. The summed E-state index contributed by atoms with van der Waals surface area (Å²) in [6.07, 6.45) is 3.03. The smallest absolute Gasteiger partial charge is 0.194 e. The zero-order valence-electron chi connectivity index (χ0n) is 8.64. The summed E-state index contributed by atoms with van der Waals surface area (Å²) in [5.41, 5.74) is 2.90. The Morgan fingerprint density at radius 1 is 1.19 bits per heavy atom. The number of hydrogen-bond donors (Lipinski definition) is 2. The van der Waals surface area contributed by atoms with Gasteiger partial charge in [0, 0.05) is 6.04 Å². The quantitative estimate of drug-likeness (QED) is 0.475. The highest BCUT2D eigenvalue weighted by Gasteiger charge is 2.29. The van der Waals surface area contributed by atoms with Crippen molar-refractivity contribution < 1.29 is 13.2 Å². The Kier molecular flexibility index (Phi) is 3.16. The molecule has 0 bridgehead atoms. The van der Waals surface area contributed by atoms with Crippen molar-refractivity contribution in [2.24, 2.45) is 11.8 Å². The Labute approximate surface area is 91.6 Å². The predicted molar refractivity (Wildman–Crippen MR) is 53.7 cm³/mol. The minimum Gasteiger partial charge on any atom is -0.271 e. The molecule has 5 heteroatoms. The molecule has 1 aromatic rings. The second-order valence-electron chi connectivity index (χ2n) is 4.13. The van der Waals surface area contributed by atoms with Crippen molar-refractivity contribution in [1.82, 2.24) is 5.43 Å². The summed E-state index contributed by atoms with van der Waals surface area (Å²) in [6, 6.07) is 1.70. The lowest BCUT2D eigenvalue weighted by Crippen LogP contribution is -2.36. The molecule has 0 spiro atoms. The summed E-state index contributed by atoms with van der Waals surface area (Å²) in [6.45, 7) is 0. The van der Waals surface area contributed by atoms with Crippen molar-refractivity contribution in [2.45, 2.75) is 25.3 Å². The summed E-state index contributed by atoms with van der Waals surface area (Å²) in [5, 5.41) is 0. The summed E-state index contributed by atoms with van der Waals surface area (Å²) in [5.74, 6) is 1.86. The van der Waals surface area contributed by atoms with Crippen molar-refractivity contribution in [3.05, 3.63) is 35.1 Å². The minimum atomic E-state index is -1.44.